The van der Waals surface area contributed by atoms with Crippen LogP contribution >= 0.6 is 0 Å². The number of aliphatic hydroxyl groups excluding tert-OH is 1. The number of nitrogens with one attached hydrogen (secondary N) is 1. The number of ether oxygens (including phenoxy) is 1. The van der Waals surface area contributed by atoms with E-state index in [-0.39, 0.29) is 6.10 Å². The Kier molecular flexibility index (Phi) is 5.10. The molecule has 5 rings (SSSR count). The van der Waals surface area contributed by atoms with Gasteiger partial charge in [-0.25, -0.2) is 0 Å². The van der Waals surface area contributed by atoms with Crippen LogP contribution in [0.15, 0.2) is 0 Å². The second-order valence-electron chi connectivity index (χ2n) is 11.4. The van der Waals surface area contributed by atoms with E-state index in [1.165, 1.54) is 44.9 Å². The highest BCUT2D eigenvalue weighted by molar-refractivity contribution is 5.11. The van der Waals surface area contributed by atoms with Crippen LogP contribution in [0.5, 0.6) is 0 Å². The molecule has 0 spiro atoms. The Hall–Kier alpha value is -0.160. The lowest BCUT2D eigenvalue weighted by Gasteiger charge is -2.62. The summed E-state index contributed by atoms with van der Waals surface area (Å²) in [5.74, 6) is 3.34. The van der Waals surface area contributed by atoms with Crippen LogP contribution in [0.4, 0.5) is 0 Å². The van der Waals surface area contributed by atoms with Gasteiger partial charge in [-0.2, -0.15) is 0 Å². The van der Waals surface area contributed by atoms with Crippen LogP contribution in [0.3, 0.4) is 0 Å². The first-order valence-electron chi connectivity index (χ1n) is 12.1. The number of hydrogen-bond donors (Lipinski definition) is 2. The van der Waals surface area contributed by atoms with E-state index >= 15 is 0 Å². The molecule has 4 heteroatoms. The molecule has 0 aromatic rings. The van der Waals surface area contributed by atoms with Crippen LogP contribution in [-0.4, -0.2) is 61.5 Å². The van der Waals surface area contributed by atoms with E-state index in [1.54, 1.807) is 0 Å². The van der Waals surface area contributed by atoms with E-state index in [0.717, 1.165) is 56.3 Å². The SMILES string of the molecule is COC1CC[C@H]2[C@@H]3CCC4CC(O)C(N5CCNCC5)C[C@]4(C)[C@@H]3CC[C@]12C. The molecule has 1 aliphatic heterocycles. The Morgan fingerprint density at radius 3 is 2.46 bits per heavy atom. The van der Waals surface area contributed by atoms with Crippen molar-refractivity contribution in [2.45, 2.75) is 83.5 Å². The van der Waals surface area contributed by atoms with Crippen molar-refractivity contribution in [3.8, 4) is 0 Å². The monoisotopic (exact) mass is 390 g/mol. The van der Waals surface area contributed by atoms with Gasteiger partial charge in [0.05, 0.1) is 12.2 Å². The van der Waals surface area contributed by atoms with Crippen molar-refractivity contribution >= 4 is 0 Å². The highest BCUT2D eigenvalue weighted by atomic mass is 16.5. The second kappa shape index (κ2) is 7.21. The minimum Gasteiger partial charge on any atom is -0.391 e. The molecule has 0 aromatic heterocycles. The van der Waals surface area contributed by atoms with Gasteiger partial charge < -0.3 is 15.2 Å². The first-order valence-corrected chi connectivity index (χ1v) is 12.1. The normalized spacial score (nSPS) is 54.6. The molecule has 1 saturated heterocycles. The summed E-state index contributed by atoms with van der Waals surface area (Å²) in [6.07, 6.45) is 10.7. The third-order valence-corrected chi connectivity index (χ3v) is 10.5. The summed E-state index contributed by atoms with van der Waals surface area (Å²) < 4.78 is 5.96. The Morgan fingerprint density at radius 2 is 1.71 bits per heavy atom. The van der Waals surface area contributed by atoms with Gasteiger partial charge in [0, 0.05) is 39.3 Å². The Labute approximate surface area is 171 Å². The number of piperazine rings is 1. The zero-order chi connectivity index (χ0) is 19.5. The van der Waals surface area contributed by atoms with Crippen molar-refractivity contribution in [1.29, 1.82) is 0 Å². The molecular formula is C24H42N2O2. The Bertz CT molecular complexity index is 579. The van der Waals surface area contributed by atoms with Crippen molar-refractivity contribution < 1.29 is 9.84 Å². The molecule has 4 saturated carbocycles. The van der Waals surface area contributed by atoms with Gasteiger partial charge in [-0.05, 0) is 85.9 Å². The van der Waals surface area contributed by atoms with Gasteiger partial charge >= 0.3 is 0 Å². The molecule has 0 amide bonds. The number of rotatable bonds is 2. The average Bonchev–Trinajstić information content (AvgIpc) is 3.05. The summed E-state index contributed by atoms with van der Waals surface area (Å²) in [5, 5.41) is 14.5. The molecular weight excluding hydrogens is 348 g/mol. The van der Waals surface area contributed by atoms with E-state index in [4.69, 9.17) is 4.74 Å². The van der Waals surface area contributed by atoms with Crippen molar-refractivity contribution in [2.75, 3.05) is 33.3 Å². The molecule has 9 atom stereocenters. The van der Waals surface area contributed by atoms with Crippen molar-refractivity contribution in [3.05, 3.63) is 0 Å². The van der Waals surface area contributed by atoms with Gasteiger partial charge in [0.25, 0.3) is 0 Å². The van der Waals surface area contributed by atoms with Crippen LogP contribution in [0.1, 0.15) is 65.2 Å². The fraction of sp³-hybridized carbons (Fsp3) is 1.00. The number of aliphatic hydroxyl groups is 1. The quantitative estimate of drug-likeness (QED) is 0.759. The molecule has 0 radical (unpaired) electrons. The predicted octanol–water partition coefficient (Wildman–Crippen LogP) is 3.29. The van der Waals surface area contributed by atoms with E-state index in [1.807, 2.05) is 7.11 Å². The summed E-state index contributed by atoms with van der Waals surface area (Å²) in [7, 11) is 1.93. The minimum atomic E-state index is -0.120. The van der Waals surface area contributed by atoms with E-state index < -0.39 is 0 Å². The van der Waals surface area contributed by atoms with E-state index in [2.05, 4.69) is 24.1 Å². The number of nitrogens with zero attached hydrogens (tertiary/aromatic N) is 1. The van der Waals surface area contributed by atoms with E-state index in [0.29, 0.717) is 23.0 Å². The summed E-state index contributed by atoms with van der Waals surface area (Å²) in [6, 6.07) is 0.380. The molecule has 0 aromatic carbocycles. The fourth-order valence-electron chi connectivity index (χ4n) is 9.00. The highest BCUT2D eigenvalue weighted by Crippen LogP contribution is 2.66. The second-order valence-corrected chi connectivity index (χ2v) is 11.4. The molecule has 4 aliphatic carbocycles. The number of methoxy groups -OCH3 is 1. The molecule has 4 unspecified atom stereocenters. The number of fused-ring (bicyclic) bond motifs is 5. The summed E-state index contributed by atoms with van der Waals surface area (Å²) in [5.41, 5.74) is 0.829. The van der Waals surface area contributed by atoms with Gasteiger partial charge in [-0.1, -0.05) is 13.8 Å². The molecule has 4 nitrogen and oxygen atoms in total. The Balaban J connectivity index is 1.39. The van der Waals surface area contributed by atoms with Crippen LogP contribution in [0, 0.1) is 34.5 Å². The topological polar surface area (TPSA) is 44.7 Å². The summed E-state index contributed by atoms with van der Waals surface area (Å²) in [6.45, 7) is 9.53. The zero-order valence-electron chi connectivity index (χ0n) is 18.3. The number of hydrogen-bond acceptors (Lipinski definition) is 4. The molecule has 160 valence electrons. The smallest absolute Gasteiger partial charge is 0.0698 e. The van der Waals surface area contributed by atoms with Crippen molar-refractivity contribution in [2.24, 2.45) is 34.5 Å². The summed E-state index contributed by atoms with van der Waals surface area (Å²) in [4.78, 5) is 2.61. The lowest BCUT2D eigenvalue weighted by atomic mass is 9.44. The first kappa shape index (κ1) is 19.8. The van der Waals surface area contributed by atoms with Gasteiger partial charge in [-0.3, -0.25) is 4.90 Å². The molecule has 5 fully saturated rings. The predicted molar refractivity (Wildman–Crippen MR) is 112 cm³/mol. The van der Waals surface area contributed by atoms with Gasteiger partial charge in [-0.15, -0.1) is 0 Å². The van der Waals surface area contributed by atoms with Gasteiger partial charge in [0.2, 0.25) is 0 Å². The first-order chi connectivity index (χ1) is 13.5. The maximum Gasteiger partial charge on any atom is 0.0698 e. The van der Waals surface area contributed by atoms with Crippen molar-refractivity contribution in [3.63, 3.8) is 0 Å². The van der Waals surface area contributed by atoms with Crippen LogP contribution in [0.2, 0.25) is 0 Å². The van der Waals surface area contributed by atoms with Crippen LogP contribution < -0.4 is 5.32 Å². The molecule has 1 heterocycles. The summed E-state index contributed by atoms with van der Waals surface area (Å²) >= 11 is 0. The minimum absolute atomic E-state index is 0.120. The fourth-order valence-corrected chi connectivity index (χ4v) is 9.00. The van der Waals surface area contributed by atoms with Crippen LogP contribution in [0.25, 0.3) is 0 Å². The van der Waals surface area contributed by atoms with Gasteiger partial charge in [0.15, 0.2) is 0 Å². The third kappa shape index (κ3) is 2.85. The van der Waals surface area contributed by atoms with E-state index in [9.17, 15) is 5.11 Å². The lowest BCUT2D eigenvalue weighted by Crippen LogP contribution is -2.61. The maximum absolute atomic E-state index is 11.0. The molecule has 0 bridgehead atoms. The average molecular weight is 391 g/mol. The Morgan fingerprint density at radius 1 is 0.964 bits per heavy atom. The zero-order valence-corrected chi connectivity index (χ0v) is 18.3. The standard InChI is InChI=1S/C24H42N2O2/c1-23-9-8-19-17(18(23)6-7-22(23)28-3)5-4-16-14-21(27)20(15-24(16,19)2)26-12-10-25-11-13-26/h16-22,25,27H,4-15H2,1-3H3/t16?,17-,18-,19+,20?,21?,22?,23-,24-/m0/s1. The van der Waals surface area contributed by atoms with Crippen LogP contribution in [-0.2, 0) is 4.74 Å². The molecule has 28 heavy (non-hydrogen) atoms. The highest BCUT2D eigenvalue weighted by Gasteiger charge is 2.61. The lowest BCUT2D eigenvalue weighted by molar-refractivity contribution is -0.155. The molecule has 5 aliphatic rings. The van der Waals surface area contributed by atoms with Gasteiger partial charge in [0.1, 0.15) is 0 Å². The van der Waals surface area contributed by atoms with Crippen molar-refractivity contribution in [1.82, 2.24) is 10.2 Å². The largest absolute Gasteiger partial charge is 0.391 e. The molecule has 2 N–H and O–H groups in total. The third-order valence-electron chi connectivity index (χ3n) is 10.5. The maximum atomic E-state index is 11.0.